The van der Waals surface area contributed by atoms with Crippen molar-refractivity contribution in [3.8, 4) is 0 Å². The monoisotopic (exact) mass is 261 g/mol. The van der Waals surface area contributed by atoms with Crippen LogP contribution in [-0.2, 0) is 9.59 Å². The van der Waals surface area contributed by atoms with E-state index in [4.69, 9.17) is 27.1 Å². The number of carboxylic acid groups (broad SMARTS) is 1. The SMILES string of the molecule is N=C(N)NCCC[C@H](NC(=O)[C@@H](N)CO)C(=O)O. The molecule has 0 spiro atoms. The first-order chi connectivity index (χ1) is 8.38. The lowest BCUT2D eigenvalue weighted by Crippen LogP contribution is -2.50. The minimum atomic E-state index is -1.18. The lowest BCUT2D eigenvalue weighted by molar-refractivity contribution is -0.142. The van der Waals surface area contributed by atoms with E-state index in [0.717, 1.165) is 0 Å². The molecule has 0 aliphatic heterocycles. The number of aliphatic hydroxyl groups is 1. The number of nitrogens with two attached hydrogens (primary N) is 2. The van der Waals surface area contributed by atoms with Crippen LogP contribution in [0.25, 0.3) is 0 Å². The van der Waals surface area contributed by atoms with E-state index in [0.29, 0.717) is 13.0 Å². The standard InChI is InChI=1S/C9H19N5O4/c10-5(4-15)7(16)14-6(8(17)18)2-1-3-13-9(11)12/h5-6,15H,1-4,10H2,(H,14,16)(H,17,18)(H4,11,12,13)/t5-,6-/m0/s1. The molecular formula is C9H19N5O4. The molecule has 0 saturated carbocycles. The molecule has 104 valence electrons. The summed E-state index contributed by atoms with van der Waals surface area (Å²) in [5.74, 6) is -2.10. The summed E-state index contributed by atoms with van der Waals surface area (Å²) in [4.78, 5) is 22.2. The summed E-state index contributed by atoms with van der Waals surface area (Å²) in [6.45, 7) is -0.217. The second-order valence-corrected chi connectivity index (χ2v) is 3.67. The van der Waals surface area contributed by atoms with E-state index in [1.807, 2.05) is 0 Å². The van der Waals surface area contributed by atoms with Crippen molar-refractivity contribution in [2.24, 2.45) is 11.5 Å². The maximum atomic E-state index is 11.3. The highest BCUT2D eigenvalue weighted by Crippen LogP contribution is 1.97. The summed E-state index contributed by atoms with van der Waals surface area (Å²) < 4.78 is 0. The third kappa shape index (κ3) is 6.66. The van der Waals surface area contributed by atoms with Crippen LogP contribution in [0.5, 0.6) is 0 Å². The maximum Gasteiger partial charge on any atom is 0.326 e. The van der Waals surface area contributed by atoms with E-state index < -0.39 is 30.6 Å². The highest BCUT2D eigenvalue weighted by Gasteiger charge is 2.22. The average molecular weight is 261 g/mol. The van der Waals surface area contributed by atoms with Gasteiger partial charge in [0, 0.05) is 6.54 Å². The third-order valence-corrected chi connectivity index (χ3v) is 2.13. The Bertz CT molecular complexity index is 309. The molecule has 0 heterocycles. The topological polar surface area (TPSA) is 175 Å². The molecule has 0 aromatic heterocycles. The zero-order valence-corrected chi connectivity index (χ0v) is 9.85. The first kappa shape index (κ1) is 16.1. The van der Waals surface area contributed by atoms with Crippen LogP contribution in [0.15, 0.2) is 0 Å². The molecule has 18 heavy (non-hydrogen) atoms. The van der Waals surface area contributed by atoms with Crippen molar-refractivity contribution in [3.63, 3.8) is 0 Å². The van der Waals surface area contributed by atoms with Crippen molar-refractivity contribution in [1.82, 2.24) is 10.6 Å². The highest BCUT2D eigenvalue weighted by molar-refractivity contribution is 5.86. The summed E-state index contributed by atoms with van der Waals surface area (Å²) >= 11 is 0. The molecule has 0 bridgehead atoms. The zero-order chi connectivity index (χ0) is 14.1. The van der Waals surface area contributed by atoms with Crippen LogP contribution in [0, 0.1) is 5.41 Å². The Hall–Kier alpha value is -1.87. The minimum Gasteiger partial charge on any atom is -0.480 e. The second-order valence-electron chi connectivity index (χ2n) is 3.67. The molecular weight excluding hydrogens is 242 g/mol. The van der Waals surface area contributed by atoms with E-state index in [-0.39, 0.29) is 12.4 Å². The average Bonchev–Trinajstić information content (AvgIpc) is 2.30. The van der Waals surface area contributed by atoms with E-state index >= 15 is 0 Å². The maximum absolute atomic E-state index is 11.3. The van der Waals surface area contributed by atoms with Gasteiger partial charge in [0.25, 0.3) is 0 Å². The highest BCUT2D eigenvalue weighted by atomic mass is 16.4. The number of hydrogen-bond donors (Lipinski definition) is 7. The lowest BCUT2D eigenvalue weighted by Gasteiger charge is -2.16. The Balaban J connectivity index is 4.11. The van der Waals surface area contributed by atoms with E-state index in [1.165, 1.54) is 0 Å². The normalized spacial score (nSPS) is 13.4. The molecule has 0 unspecified atom stereocenters. The summed E-state index contributed by atoms with van der Waals surface area (Å²) in [7, 11) is 0. The van der Waals surface area contributed by atoms with Gasteiger partial charge in [-0.15, -0.1) is 0 Å². The third-order valence-electron chi connectivity index (χ3n) is 2.13. The Morgan fingerprint density at radius 2 is 2.00 bits per heavy atom. The molecule has 0 fully saturated rings. The number of guanidine groups is 1. The van der Waals surface area contributed by atoms with Gasteiger partial charge in [-0.3, -0.25) is 10.2 Å². The zero-order valence-electron chi connectivity index (χ0n) is 9.85. The molecule has 9 N–H and O–H groups in total. The fourth-order valence-corrected chi connectivity index (χ4v) is 1.15. The Morgan fingerprint density at radius 1 is 1.39 bits per heavy atom. The van der Waals surface area contributed by atoms with Crippen LogP contribution in [-0.4, -0.2) is 53.3 Å². The molecule has 0 aromatic carbocycles. The molecule has 0 aromatic rings. The quantitative estimate of drug-likeness (QED) is 0.140. The number of carbonyl (C=O) groups is 2. The van der Waals surface area contributed by atoms with Gasteiger partial charge in [0.15, 0.2) is 5.96 Å². The smallest absolute Gasteiger partial charge is 0.326 e. The van der Waals surface area contributed by atoms with Gasteiger partial charge in [0.05, 0.1) is 6.61 Å². The lowest BCUT2D eigenvalue weighted by atomic mass is 10.1. The van der Waals surface area contributed by atoms with E-state index in [1.54, 1.807) is 0 Å². The number of carbonyl (C=O) groups excluding carboxylic acids is 1. The molecule has 0 radical (unpaired) electrons. The number of aliphatic hydroxyl groups excluding tert-OH is 1. The summed E-state index contributed by atoms with van der Waals surface area (Å²) in [5.41, 5.74) is 10.3. The summed E-state index contributed by atoms with van der Waals surface area (Å²) in [6.07, 6.45) is 0.574. The van der Waals surface area contributed by atoms with E-state index in [2.05, 4.69) is 10.6 Å². The second kappa shape index (κ2) is 8.25. The molecule has 9 heteroatoms. The van der Waals surface area contributed by atoms with Crippen LogP contribution in [0.3, 0.4) is 0 Å². The van der Waals surface area contributed by atoms with Crippen LogP contribution in [0.2, 0.25) is 0 Å². The summed E-state index contributed by atoms with van der Waals surface area (Å²) in [5, 5.41) is 29.2. The molecule has 0 aliphatic carbocycles. The number of nitrogens with one attached hydrogen (secondary N) is 3. The Kier molecular flexibility index (Phi) is 7.40. The largest absolute Gasteiger partial charge is 0.480 e. The predicted molar refractivity (Wildman–Crippen MR) is 63.8 cm³/mol. The van der Waals surface area contributed by atoms with Crippen LogP contribution >= 0.6 is 0 Å². The van der Waals surface area contributed by atoms with Crippen molar-refractivity contribution >= 4 is 17.8 Å². The molecule has 0 aliphatic rings. The Labute approximate surface area is 104 Å². The summed E-state index contributed by atoms with van der Waals surface area (Å²) in [6, 6.07) is -2.22. The van der Waals surface area contributed by atoms with Gasteiger partial charge < -0.3 is 32.3 Å². The number of amides is 1. The van der Waals surface area contributed by atoms with Crippen molar-refractivity contribution in [2.45, 2.75) is 24.9 Å². The Morgan fingerprint density at radius 3 is 2.44 bits per heavy atom. The van der Waals surface area contributed by atoms with Gasteiger partial charge in [0.2, 0.25) is 5.91 Å². The van der Waals surface area contributed by atoms with Gasteiger partial charge in [-0.25, -0.2) is 4.79 Å². The number of rotatable bonds is 8. The van der Waals surface area contributed by atoms with Gasteiger partial charge >= 0.3 is 5.97 Å². The predicted octanol–water partition coefficient (Wildman–Crippen LogP) is -2.86. The van der Waals surface area contributed by atoms with Crippen molar-refractivity contribution in [3.05, 3.63) is 0 Å². The van der Waals surface area contributed by atoms with Crippen LogP contribution in [0.1, 0.15) is 12.8 Å². The molecule has 9 nitrogen and oxygen atoms in total. The van der Waals surface area contributed by atoms with Gasteiger partial charge in [-0.05, 0) is 12.8 Å². The number of carboxylic acids is 1. The number of aliphatic carboxylic acids is 1. The molecule has 0 rings (SSSR count). The van der Waals surface area contributed by atoms with Crippen molar-refractivity contribution in [2.75, 3.05) is 13.2 Å². The van der Waals surface area contributed by atoms with Gasteiger partial charge in [-0.2, -0.15) is 0 Å². The molecule has 2 atom stereocenters. The van der Waals surface area contributed by atoms with Crippen LogP contribution < -0.4 is 22.1 Å². The first-order valence-electron chi connectivity index (χ1n) is 5.36. The van der Waals surface area contributed by atoms with Crippen molar-refractivity contribution < 1.29 is 19.8 Å². The first-order valence-corrected chi connectivity index (χ1v) is 5.36. The van der Waals surface area contributed by atoms with Crippen LogP contribution in [0.4, 0.5) is 0 Å². The van der Waals surface area contributed by atoms with E-state index in [9.17, 15) is 9.59 Å². The minimum absolute atomic E-state index is 0.166. The number of hydrogen-bond acceptors (Lipinski definition) is 5. The fraction of sp³-hybridized carbons (Fsp3) is 0.667. The molecule has 0 saturated heterocycles. The van der Waals surface area contributed by atoms with Crippen molar-refractivity contribution in [1.29, 1.82) is 5.41 Å². The van der Waals surface area contributed by atoms with Gasteiger partial charge in [-0.1, -0.05) is 0 Å². The fourth-order valence-electron chi connectivity index (χ4n) is 1.15. The molecule has 1 amide bonds. The van der Waals surface area contributed by atoms with Gasteiger partial charge in [0.1, 0.15) is 12.1 Å².